The maximum Gasteiger partial charge on any atom is 0.329 e. The fourth-order valence-electron chi connectivity index (χ4n) is 4.44. The molecule has 1 aromatic carbocycles. The number of aromatic amines is 2. The zero-order valence-electron chi connectivity index (χ0n) is 18.3. The first-order valence-corrected chi connectivity index (χ1v) is 12.0. The van der Waals surface area contributed by atoms with Gasteiger partial charge in [0.1, 0.15) is 11.3 Å². The van der Waals surface area contributed by atoms with Crippen molar-refractivity contribution in [2.75, 3.05) is 0 Å². The van der Waals surface area contributed by atoms with Gasteiger partial charge in [-0.05, 0) is 53.8 Å². The molecule has 1 amide bonds. The minimum atomic E-state index is -0.521. The number of carbonyl (C=O) groups excluding carboxylic acids is 1. The van der Waals surface area contributed by atoms with Crippen LogP contribution >= 0.6 is 11.3 Å². The highest BCUT2D eigenvalue weighted by Gasteiger charge is 2.20. The summed E-state index contributed by atoms with van der Waals surface area (Å²) >= 11 is 1.62. The van der Waals surface area contributed by atoms with E-state index in [1.807, 2.05) is 17.5 Å². The molecule has 5 rings (SSSR count). The molecule has 0 bridgehead atoms. The molecule has 1 atom stereocenters. The van der Waals surface area contributed by atoms with Gasteiger partial charge >= 0.3 is 5.69 Å². The minimum absolute atomic E-state index is 0.102. The molecule has 3 N–H and O–H groups in total. The van der Waals surface area contributed by atoms with Crippen LogP contribution in [0.15, 0.2) is 45.3 Å². The summed E-state index contributed by atoms with van der Waals surface area (Å²) in [5.41, 5.74) is 3.37. The number of imidazole rings is 1. The van der Waals surface area contributed by atoms with Crippen molar-refractivity contribution in [3.63, 3.8) is 0 Å². The molecule has 0 saturated heterocycles. The van der Waals surface area contributed by atoms with Crippen LogP contribution in [0, 0.1) is 0 Å². The molecule has 0 spiro atoms. The van der Waals surface area contributed by atoms with Gasteiger partial charge in [-0.25, -0.2) is 9.78 Å². The zero-order chi connectivity index (χ0) is 22.9. The molecule has 4 aromatic rings. The van der Waals surface area contributed by atoms with E-state index in [4.69, 9.17) is 0 Å². The summed E-state index contributed by atoms with van der Waals surface area (Å²) in [7, 11) is 1.54. The third kappa shape index (κ3) is 4.28. The number of H-pyrrole nitrogens is 2. The Kier molecular flexibility index (Phi) is 5.72. The van der Waals surface area contributed by atoms with Crippen molar-refractivity contribution in [2.24, 2.45) is 7.05 Å². The second-order valence-electron chi connectivity index (χ2n) is 8.45. The van der Waals surface area contributed by atoms with Crippen molar-refractivity contribution in [3.8, 4) is 0 Å². The highest BCUT2D eigenvalue weighted by atomic mass is 32.1. The lowest BCUT2D eigenvalue weighted by Crippen LogP contribution is -2.29. The number of rotatable bonds is 6. The van der Waals surface area contributed by atoms with E-state index < -0.39 is 11.2 Å². The van der Waals surface area contributed by atoms with Gasteiger partial charge in [0.2, 0.25) is 5.91 Å². The van der Waals surface area contributed by atoms with E-state index in [2.05, 4.69) is 38.5 Å². The Labute approximate surface area is 193 Å². The molecule has 33 heavy (non-hydrogen) atoms. The van der Waals surface area contributed by atoms with Crippen molar-refractivity contribution >= 4 is 28.4 Å². The second-order valence-corrected chi connectivity index (χ2v) is 9.43. The molecular formula is C24H25N5O3S. The van der Waals surface area contributed by atoms with Crippen molar-refractivity contribution in [1.82, 2.24) is 24.8 Å². The van der Waals surface area contributed by atoms with Gasteiger partial charge < -0.3 is 10.3 Å². The molecule has 3 heterocycles. The van der Waals surface area contributed by atoms with Crippen LogP contribution in [0.1, 0.15) is 52.7 Å². The SMILES string of the molecule is Cn1c(=O)[nH]c(=O)c2[nH]c(CCC(=O)NC(c3ccc4c(c3)CCCC4)c3cccs3)nc21. The molecule has 1 aliphatic carbocycles. The van der Waals surface area contributed by atoms with Crippen LogP contribution in [0.4, 0.5) is 0 Å². The van der Waals surface area contributed by atoms with Gasteiger partial charge in [0.15, 0.2) is 5.65 Å². The van der Waals surface area contributed by atoms with Crippen LogP contribution in [-0.2, 0) is 31.1 Å². The van der Waals surface area contributed by atoms with E-state index in [1.165, 1.54) is 28.5 Å². The summed E-state index contributed by atoms with van der Waals surface area (Å²) in [5.74, 6) is 0.391. The Bertz CT molecular complexity index is 1430. The number of carbonyl (C=O) groups is 1. The van der Waals surface area contributed by atoms with E-state index in [1.54, 1.807) is 18.4 Å². The smallest absolute Gasteiger partial charge is 0.329 e. The number of benzene rings is 1. The Morgan fingerprint density at radius 3 is 2.79 bits per heavy atom. The lowest BCUT2D eigenvalue weighted by molar-refractivity contribution is -0.121. The van der Waals surface area contributed by atoms with E-state index >= 15 is 0 Å². The van der Waals surface area contributed by atoms with E-state index in [0.29, 0.717) is 12.2 Å². The number of amides is 1. The minimum Gasteiger partial charge on any atom is -0.344 e. The number of fused-ring (bicyclic) bond motifs is 2. The summed E-state index contributed by atoms with van der Waals surface area (Å²) in [6, 6.07) is 10.4. The molecule has 1 unspecified atom stereocenters. The van der Waals surface area contributed by atoms with Gasteiger partial charge in [-0.15, -0.1) is 11.3 Å². The number of aromatic nitrogens is 4. The standard InChI is InChI=1S/C24H25N5O3S/c1-29-22-21(23(31)28-24(29)32)25-18(26-22)10-11-19(30)27-20(17-7-4-12-33-17)16-9-8-14-5-2-3-6-15(14)13-16/h4,7-9,12-13,20H,2-3,5-6,10-11H2,1H3,(H,25,26)(H,27,30)(H,28,31,32). The fourth-order valence-corrected chi connectivity index (χ4v) is 5.25. The van der Waals surface area contributed by atoms with Crippen LogP contribution in [-0.4, -0.2) is 25.4 Å². The Morgan fingerprint density at radius 2 is 2.00 bits per heavy atom. The number of nitrogens with one attached hydrogen (secondary N) is 3. The number of hydrogen-bond donors (Lipinski definition) is 3. The van der Waals surface area contributed by atoms with E-state index in [0.717, 1.165) is 23.3 Å². The average Bonchev–Trinajstić information content (AvgIpc) is 3.50. The number of hydrogen-bond acceptors (Lipinski definition) is 5. The molecule has 0 radical (unpaired) electrons. The predicted octanol–water partition coefficient (Wildman–Crippen LogP) is 2.73. The topological polar surface area (TPSA) is 113 Å². The quantitative estimate of drug-likeness (QED) is 0.408. The first kappa shape index (κ1) is 21.4. The Balaban J connectivity index is 1.34. The number of aryl methyl sites for hydroxylation is 4. The number of thiophene rings is 1. The Hall–Kier alpha value is -3.46. The summed E-state index contributed by atoms with van der Waals surface area (Å²) < 4.78 is 1.28. The van der Waals surface area contributed by atoms with E-state index in [9.17, 15) is 14.4 Å². The molecule has 0 aliphatic heterocycles. The molecule has 0 saturated carbocycles. The lowest BCUT2D eigenvalue weighted by Gasteiger charge is -2.22. The van der Waals surface area contributed by atoms with Gasteiger partial charge in [-0.1, -0.05) is 24.3 Å². The molecular weight excluding hydrogens is 438 g/mol. The molecule has 9 heteroatoms. The molecule has 8 nitrogen and oxygen atoms in total. The Morgan fingerprint density at radius 1 is 1.18 bits per heavy atom. The van der Waals surface area contributed by atoms with Gasteiger partial charge in [-0.2, -0.15) is 0 Å². The maximum absolute atomic E-state index is 12.9. The van der Waals surface area contributed by atoms with Crippen LogP contribution in [0.5, 0.6) is 0 Å². The lowest BCUT2D eigenvalue weighted by atomic mass is 9.89. The van der Waals surface area contributed by atoms with Crippen LogP contribution in [0.3, 0.4) is 0 Å². The second kappa shape index (κ2) is 8.82. The highest BCUT2D eigenvalue weighted by molar-refractivity contribution is 7.10. The fraction of sp³-hybridized carbons (Fsp3) is 0.333. The first-order chi connectivity index (χ1) is 16.0. The third-order valence-corrected chi connectivity index (χ3v) is 7.17. The first-order valence-electron chi connectivity index (χ1n) is 11.1. The van der Waals surface area contributed by atoms with Gasteiger partial charge in [0, 0.05) is 24.8 Å². The molecule has 0 fully saturated rings. The van der Waals surface area contributed by atoms with Crippen molar-refractivity contribution < 1.29 is 4.79 Å². The van der Waals surface area contributed by atoms with Crippen LogP contribution in [0.25, 0.3) is 11.2 Å². The number of nitrogens with zero attached hydrogens (tertiary/aromatic N) is 2. The van der Waals surface area contributed by atoms with Crippen LogP contribution < -0.4 is 16.6 Å². The third-order valence-electron chi connectivity index (χ3n) is 6.23. The molecule has 170 valence electrons. The van der Waals surface area contributed by atoms with Crippen molar-refractivity contribution in [1.29, 1.82) is 0 Å². The van der Waals surface area contributed by atoms with Crippen molar-refractivity contribution in [2.45, 2.75) is 44.6 Å². The van der Waals surface area contributed by atoms with Gasteiger partial charge in [0.05, 0.1) is 6.04 Å². The predicted molar refractivity (Wildman–Crippen MR) is 128 cm³/mol. The zero-order valence-corrected chi connectivity index (χ0v) is 19.1. The van der Waals surface area contributed by atoms with Crippen LogP contribution in [0.2, 0.25) is 0 Å². The summed E-state index contributed by atoms with van der Waals surface area (Å²) in [6.07, 6.45) is 5.19. The summed E-state index contributed by atoms with van der Waals surface area (Å²) in [4.78, 5) is 47.3. The van der Waals surface area contributed by atoms with E-state index in [-0.39, 0.29) is 29.5 Å². The van der Waals surface area contributed by atoms with Crippen molar-refractivity contribution in [3.05, 3.63) is 83.9 Å². The highest BCUT2D eigenvalue weighted by Crippen LogP contribution is 2.30. The summed E-state index contributed by atoms with van der Waals surface area (Å²) in [6.45, 7) is 0. The molecule has 3 aromatic heterocycles. The van der Waals surface area contributed by atoms with Gasteiger partial charge in [0.25, 0.3) is 5.56 Å². The monoisotopic (exact) mass is 463 g/mol. The maximum atomic E-state index is 12.9. The van der Waals surface area contributed by atoms with Gasteiger partial charge in [-0.3, -0.25) is 19.1 Å². The largest absolute Gasteiger partial charge is 0.344 e. The summed E-state index contributed by atoms with van der Waals surface area (Å²) in [5, 5.41) is 5.20. The normalized spacial score (nSPS) is 14.2. The average molecular weight is 464 g/mol. The molecule has 1 aliphatic rings.